The summed E-state index contributed by atoms with van der Waals surface area (Å²) in [5.74, 6) is -0.0114. The van der Waals surface area contributed by atoms with Gasteiger partial charge in [0.15, 0.2) is 0 Å². The number of anilines is 1. The summed E-state index contributed by atoms with van der Waals surface area (Å²) in [7, 11) is 0. The molecule has 0 unspecified atom stereocenters. The normalized spacial score (nSPS) is 25.5. The predicted molar refractivity (Wildman–Crippen MR) is 81.3 cm³/mol. The highest BCUT2D eigenvalue weighted by Crippen LogP contribution is 2.37. The molecule has 1 fully saturated rings. The van der Waals surface area contributed by atoms with Gasteiger partial charge in [0.25, 0.3) is 5.91 Å². The molecule has 5 heteroatoms. The number of hydrogen-bond donors (Lipinski definition) is 2. The first-order valence-electron chi connectivity index (χ1n) is 7.46. The van der Waals surface area contributed by atoms with Crippen molar-refractivity contribution in [3.63, 3.8) is 0 Å². The number of carbonyl (C=O) groups excluding carboxylic acids is 1. The molecule has 110 valence electrons. The summed E-state index contributed by atoms with van der Waals surface area (Å²) in [6, 6.07) is 0. The van der Waals surface area contributed by atoms with E-state index in [0.717, 1.165) is 30.7 Å². The molecular weight excluding hydrogens is 272 g/mol. The van der Waals surface area contributed by atoms with E-state index in [9.17, 15) is 4.79 Å². The van der Waals surface area contributed by atoms with Gasteiger partial charge in [-0.05, 0) is 56.6 Å². The second-order valence-electron chi connectivity index (χ2n) is 5.71. The number of aryl methyl sites for hydroxylation is 1. The van der Waals surface area contributed by atoms with Gasteiger partial charge in [0.2, 0.25) is 0 Å². The van der Waals surface area contributed by atoms with Crippen molar-refractivity contribution in [1.82, 2.24) is 0 Å². The van der Waals surface area contributed by atoms with Gasteiger partial charge in [0, 0.05) is 11.4 Å². The van der Waals surface area contributed by atoms with Crippen molar-refractivity contribution in [3.8, 4) is 0 Å². The van der Waals surface area contributed by atoms with E-state index >= 15 is 0 Å². The molecule has 1 aromatic heterocycles. The summed E-state index contributed by atoms with van der Waals surface area (Å²) in [5, 5.41) is 4.08. The lowest BCUT2D eigenvalue weighted by Gasteiger charge is -2.12. The van der Waals surface area contributed by atoms with Crippen LogP contribution in [0, 0.1) is 6.92 Å². The van der Waals surface area contributed by atoms with Crippen LogP contribution in [0.5, 0.6) is 0 Å². The Morgan fingerprint density at radius 2 is 2.20 bits per heavy atom. The summed E-state index contributed by atoms with van der Waals surface area (Å²) in [5.41, 5.74) is 8.30. The van der Waals surface area contributed by atoms with Crippen molar-refractivity contribution in [2.24, 2.45) is 5.73 Å². The van der Waals surface area contributed by atoms with Crippen LogP contribution in [0.25, 0.3) is 0 Å². The van der Waals surface area contributed by atoms with Crippen molar-refractivity contribution < 1.29 is 9.53 Å². The van der Waals surface area contributed by atoms with Crippen LogP contribution in [0.4, 0.5) is 5.00 Å². The average molecular weight is 294 g/mol. The number of rotatable bonds is 3. The third kappa shape index (κ3) is 2.62. The Morgan fingerprint density at radius 3 is 2.90 bits per heavy atom. The first-order valence-corrected chi connectivity index (χ1v) is 8.28. The summed E-state index contributed by atoms with van der Waals surface area (Å²) < 4.78 is 5.65. The van der Waals surface area contributed by atoms with Gasteiger partial charge in [-0.1, -0.05) is 0 Å². The number of carbonyl (C=O) groups is 1. The first-order chi connectivity index (χ1) is 9.69. The molecule has 20 heavy (non-hydrogen) atoms. The molecule has 0 saturated carbocycles. The Hall–Kier alpha value is -0.910. The number of amides is 1. The molecule has 2 aliphatic rings. The van der Waals surface area contributed by atoms with E-state index in [1.807, 2.05) is 0 Å². The molecule has 0 bridgehead atoms. The van der Waals surface area contributed by atoms with E-state index in [0.29, 0.717) is 6.54 Å². The number of ether oxygens (including phenoxy) is 1. The second-order valence-corrected chi connectivity index (χ2v) is 6.82. The van der Waals surface area contributed by atoms with Gasteiger partial charge in [-0.2, -0.15) is 0 Å². The maximum atomic E-state index is 12.3. The van der Waals surface area contributed by atoms with Gasteiger partial charge in [0.05, 0.1) is 11.1 Å². The fourth-order valence-electron chi connectivity index (χ4n) is 3.11. The quantitative estimate of drug-likeness (QED) is 0.899. The van der Waals surface area contributed by atoms with Crippen LogP contribution >= 0.6 is 11.3 Å². The zero-order chi connectivity index (χ0) is 14.1. The molecule has 1 aliphatic carbocycles. The van der Waals surface area contributed by atoms with Gasteiger partial charge >= 0.3 is 0 Å². The first kappa shape index (κ1) is 14.0. The van der Waals surface area contributed by atoms with Crippen molar-refractivity contribution in [1.29, 1.82) is 0 Å². The van der Waals surface area contributed by atoms with E-state index in [1.165, 1.54) is 28.8 Å². The lowest BCUT2D eigenvalue weighted by atomic mass is 9.96. The molecule has 1 aromatic rings. The molecule has 2 atom stereocenters. The van der Waals surface area contributed by atoms with Crippen molar-refractivity contribution in [2.75, 3.05) is 11.9 Å². The standard InChI is InChI=1S/C15H22N2O2S/c1-9-11-4-2-3-5-13(11)20-15(9)17-14(18)12-7-6-10(8-16)19-12/h10,12H,2-8,16H2,1H3,(H,17,18)/t10-,12+/m1/s1. The number of fused-ring (bicyclic) bond motifs is 1. The minimum atomic E-state index is -0.331. The third-order valence-corrected chi connectivity index (χ3v) is 5.64. The second kappa shape index (κ2) is 5.84. The van der Waals surface area contributed by atoms with Crippen LogP contribution in [-0.4, -0.2) is 24.7 Å². The van der Waals surface area contributed by atoms with Crippen molar-refractivity contribution >= 4 is 22.2 Å². The summed E-state index contributed by atoms with van der Waals surface area (Å²) in [6.07, 6.45) is 6.22. The summed E-state index contributed by atoms with van der Waals surface area (Å²) in [6.45, 7) is 2.62. The topological polar surface area (TPSA) is 64.4 Å². The van der Waals surface area contributed by atoms with E-state index in [-0.39, 0.29) is 18.1 Å². The van der Waals surface area contributed by atoms with Crippen LogP contribution in [0.15, 0.2) is 0 Å². The van der Waals surface area contributed by atoms with Gasteiger partial charge < -0.3 is 15.8 Å². The van der Waals surface area contributed by atoms with Gasteiger partial charge in [-0.15, -0.1) is 11.3 Å². The molecule has 2 heterocycles. The van der Waals surface area contributed by atoms with E-state index < -0.39 is 0 Å². The molecule has 1 amide bonds. The fourth-order valence-corrected chi connectivity index (χ4v) is 4.41. The molecule has 0 aromatic carbocycles. The highest BCUT2D eigenvalue weighted by Gasteiger charge is 2.30. The number of nitrogens with two attached hydrogens (primary N) is 1. The number of hydrogen-bond acceptors (Lipinski definition) is 4. The Labute approximate surface area is 123 Å². The molecular formula is C15H22N2O2S. The van der Waals surface area contributed by atoms with Crippen LogP contribution in [0.1, 0.15) is 41.7 Å². The minimum absolute atomic E-state index is 0.0114. The zero-order valence-electron chi connectivity index (χ0n) is 11.9. The van der Waals surface area contributed by atoms with Crippen LogP contribution < -0.4 is 11.1 Å². The largest absolute Gasteiger partial charge is 0.364 e. The molecule has 3 rings (SSSR count). The van der Waals surface area contributed by atoms with Crippen LogP contribution in [-0.2, 0) is 22.4 Å². The van der Waals surface area contributed by atoms with E-state index in [4.69, 9.17) is 10.5 Å². The molecule has 1 aliphatic heterocycles. The minimum Gasteiger partial charge on any atom is -0.364 e. The van der Waals surface area contributed by atoms with Crippen LogP contribution in [0.2, 0.25) is 0 Å². The average Bonchev–Trinajstić information content (AvgIpc) is 3.05. The molecule has 4 nitrogen and oxygen atoms in total. The van der Waals surface area contributed by atoms with Gasteiger partial charge in [-0.25, -0.2) is 0 Å². The summed E-state index contributed by atoms with van der Waals surface area (Å²) >= 11 is 1.74. The van der Waals surface area contributed by atoms with Crippen molar-refractivity contribution in [3.05, 3.63) is 16.0 Å². The predicted octanol–water partition coefficient (Wildman–Crippen LogP) is 2.38. The smallest absolute Gasteiger partial charge is 0.254 e. The maximum absolute atomic E-state index is 12.3. The molecule has 0 spiro atoms. The highest BCUT2D eigenvalue weighted by atomic mass is 32.1. The van der Waals surface area contributed by atoms with Gasteiger partial charge in [0.1, 0.15) is 6.10 Å². The SMILES string of the molecule is Cc1c(NC(=O)[C@@H]2CC[C@H](CN)O2)sc2c1CCCC2. The highest BCUT2D eigenvalue weighted by molar-refractivity contribution is 7.16. The fraction of sp³-hybridized carbons (Fsp3) is 0.667. The lowest BCUT2D eigenvalue weighted by Crippen LogP contribution is -2.29. The Bertz CT molecular complexity index is 512. The van der Waals surface area contributed by atoms with E-state index in [1.54, 1.807) is 11.3 Å². The van der Waals surface area contributed by atoms with E-state index in [2.05, 4.69) is 12.2 Å². The Kier molecular flexibility index (Phi) is 4.10. The lowest BCUT2D eigenvalue weighted by molar-refractivity contribution is -0.126. The number of thiophene rings is 1. The summed E-state index contributed by atoms with van der Waals surface area (Å²) in [4.78, 5) is 13.7. The van der Waals surface area contributed by atoms with Gasteiger partial charge in [-0.3, -0.25) is 4.79 Å². The Morgan fingerprint density at radius 1 is 1.40 bits per heavy atom. The monoisotopic (exact) mass is 294 g/mol. The van der Waals surface area contributed by atoms with Crippen LogP contribution in [0.3, 0.4) is 0 Å². The number of nitrogens with one attached hydrogen (secondary N) is 1. The molecule has 0 radical (unpaired) electrons. The Balaban J connectivity index is 1.69. The maximum Gasteiger partial charge on any atom is 0.254 e. The third-order valence-electron chi connectivity index (χ3n) is 4.34. The zero-order valence-corrected chi connectivity index (χ0v) is 12.7. The molecule has 3 N–H and O–H groups in total. The van der Waals surface area contributed by atoms with Crippen molar-refractivity contribution in [2.45, 2.75) is 57.7 Å². The molecule has 1 saturated heterocycles.